The molecule has 0 radical (unpaired) electrons. The zero-order valence-electron chi connectivity index (χ0n) is 18.3. The van der Waals surface area contributed by atoms with Crippen LogP contribution in [0.3, 0.4) is 0 Å². The maximum atomic E-state index is 13.0. The number of hydrogen-bond acceptors (Lipinski definition) is 6. The Kier molecular flexibility index (Phi) is 5.89. The lowest BCUT2D eigenvalue weighted by molar-refractivity contribution is -0.143. The van der Waals surface area contributed by atoms with Crippen molar-refractivity contribution in [2.45, 2.75) is 65.6 Å². The Morgan fingerprint density at radius 2 is 1.87 bits per heavy atom. The maximum absolute atomic E-state index is 13.0. The van der Waals surface area contributed by atoms with E-state index in [0.717, 1.165) is 31.2 Å². The van der Waals surface area contributed by atoms with Crippen LogP contribution in [0, 0.1) is 5.41 Å². The average Bonchev–Trinajstić information content (AvgIpc) is 3.50. The smallest absolute Gasteiger partial charge is 0.273 e. The number of nitrogens with one attached hydrogen (secondary N) is 1. The van der Waals surface area contributed by atoms with Gasteiger partial charge in [-0.15, -0.1) is 0 Å². The highest BCUT2D eigenvalue weighted by molar-refractivity contribution is 5.92. The maximum Gasteiger partial charge on any atom is 0.273 e. The molecule has 166 valence electrons. The molecule has 2 aliphatic rings. The van der Waals surface area contributed by atoms with Crippen LogP contribution in [0.1, 0.15) is 68.3 Å². The monoisotopic (exact) mass is 427 g/mol. The van der Waals surface area contributed by atoms with Gasteiger partial charge >= 0.3 is 0 Å². The van der Waals surface area contributed by atoms with Gasteiger partial charge in [-0.3, -0.25) is 9.59 Å². The SMILES string of the molecule is CC(C)(C)C(=O)N(Cc1cc(C(=O)NCc2ccc3c(c2)OCO3)no1)C1CCCC1. The minimum absolute atomic E-state index is 0.0876. The summed E-state index contributed by atoms with van der Waals surface area (Å²) in [4.78, 5) is 27.4. The number of benzene rings is 1. The Hall–Kier alpha value is -3.03. The fourth-order valence-corrected chi connectivity index (χ4v) is 4.00. The number of hydrogen-bond donors (Lipinski definition) is 1. The minimum Gasteiger partial charge on any atom is -0.454 e. The van der Waals surface area contributed by atoms with Crippen LogP contribution >= 0.6 is 0 Å². The highest BCUT2D eigenvalue weighted by Crippen LogP contribution is 2.32. The second-order valence-corrected chi connectivity index (χ2v) is 9.17. The van der Waals surface area contributed by atoms with E-state index in [2.05, 4.69) is 10.5 Å². The lowest BCUT2D eigenvalue weighted by Crippen LogP contribution is -2.44. The molecule has 1 N–H and O–H groups in total. The number of aromatic nitrogens is 1. The largest absolute Gasteiger partial charge is 0.454 e. The predicted octanol–water partition coefficient (Wildman–Crippen LogP) is 3.65. The first kappa shape index (κ1) is 21.2. The Morgan fingerprint density at radius 1 is 1.13 bits per heavy atom. The molecular formula is C23H29N3O5. The van der Waals surface area contributed by atoms with E-state index >= 15 is 0 Å². The molecule has 1 aromatic carbocycles. The van der Waals surface area contributed by atoms with Crippen LogP contribution in [-0.2, 0) is 17.9 Å². The van der Waals surface area contributed by atoms with Crippen molar-refractivity contribution in [1.29, 1.82) is 0 Å². The molecule has 1 fully saturated rings. The van der Waals surface area contributed by atoms with Gasteiger partial charge in [-0.25, -0.2) is 0 Å². The molecule has 8 nitrogen and oxygen atoms in total. The first-order valence-corrected chi connectivity index (χ1v) is 10.7. The van der Waals surface area contributed by atoms with Gasteiger partial charge in [-0.05, 0) is 30.5 Å². The number of carbonyl (C=O) groups is 2. The molecule has 0 atom stereocenters. The molecule has 0 spiro atoms. The van der Waals surface area contributed by atoms with Crippen molar-refractivity contribution in [3.8, 4) is 11.5 Å². The van der Waals surface area contributed by atoms with Crippen LogP contribution in [0.15, 0.2) is 28.8 Å². The molecule has 1 aromatic heterocycles. The molecule has 0 bridgehead atoms. The van der Waals surface area contributed by atoms with Crippen molar-refractivity contribution in [1.82, 2.24) is 15.4 Å². The minimum atomic E-state index is -0.479. The highest BCUT2D eigenvalue weighted by atomic mass is 16.7. The van der Waals surface area contributed by atoms with E-state index in [9.17, 15) is 9.59 Å². The quantitative estimate of drug-likeness (QED) is 0.756. The third-order valence-corrected chi connectivity index (χ3v) is 5.68. The summed E-state index contributed by atoms with van der Waals surface area (Å²) in [6, 6.07) is 7.36. The number of fused-ring (bicyclic) bond motifs is 1. The fraction of sp³-hybridized carbons (Fsp3) is 0.522. The molecule has 2 aromatic rings. The van der Waals surface area contributed by atoms with E-state index in [-0.39, 0.29) is 30.3 Å². The molecule has 2 heterocycles. The molecule has 2 amide bonds. The van der Waals surface area contributed by atoms with Gasteiger partial charge < -0.3 is 24.2 Å². The van der Waals surface area contributed by atoms with Crippen LogP contribution in [0.4, 0.5) is 0 Å². The Balaban J connectivity index is 1.39. The van der Waals surface area contributed by atoms with E-state index < -0.39 is 5.41 Å². The van der Waals surface area contributed by atoms with E-state index in [0.29, 0.717) is 30.3 Å². The number of nitrogens with zero attached hydrogens (tertiary/aromatic N) is 2. The summed E-state index contributed by atoms with van der Waals surface area (Å²) in [6.07, 6.45) is 4.25. The van der Waals surface area contributed by atoms with Crippen molar-refractivity contribution in [3.63, 3.8) is 0 Å². The van der Waals surface area contributed by atoms with E-state index in [1.54, 1.807) is 6.07 Å². The van der Waals surface area contributed by atoms with Gasteiger partial charge in [0.05, 0.1) is 6.54 Å². The summed E-state index contributed by atoms with van der Waals surface area (Å²) in [6.45, 7) is 6.63. The molecule has 1 aliphatic carbocycles. The molecule has 1 saturated carbocycles. The fourth-order valence-electron chi connectivity index (χ4n) is 4.00. The normalized spacial score (nSPS) is 15.8. The van der Waals surface area contributed by atoms with Gasteiger partial charge in [0.15, 0.2) is 23.0 Å². The van der Waals surface area contributed by atoms with Crippen molar-refractivity contribution in [3.05, 3.63) is 41.3 Å². The van der Waals surface area contributed by atoms with Crippen LogP contribution in [-0.4, -0.2) is 34.7 Å². The first-order valence-electron chi connectivity index (χ1n) is 10.7. The Morgan fingerprint density at radius 3 is 2.61 bits per heavy atom. The number of rotatable bonds is 6. The standard InChI is InChI=1S/C23H29N3O5/c1-23(2,3)22(28)26(16-6-4-5-7-16)13-17-11-18(25-31-17)21(27)24-12-15-8-9-19-20(10-15)30-14-29-19/h8-11,16H,4-7,12-14H2,1-3H3,(H,24,27). The van der Waals surface area contributed by atoms with Gasteiger partial charge in [0, 0.05) is 24.1 Å². The van der Waals surface area contributed by atoms with Gasteiger partial charge in [0.25, 0.3) is 5.91 Å². The third kappa shape index (κ3) is 4.84. The molecule has 4 rings (SSSR count). The summed E-state index contributed by atoms with van der Waals surface area (Å²) >= 11 is 0. The molecule has 1 aliphatic heterocycles. The van der Waals surface area contributed by atoms with Crippen LogP contribution < -0.4 is 14.8 Å². The highest BCUT2D eigenvalue weighted by Gasteiger charge is 2.34. The second kappa shape index (κ2) is 8.61. The van der Waals surface area contributed by atoms with Crippen LogP contribution in [0.25, 0.3) is 0 Å². The van der Waals surface area contributed by atoms with Crippen LogP contribution in [0.5, 0.6) is 11.5 Å². The Labute approximate surface area is 181 Å². The van der Waals surface area contributed by atoms with Gasteiger partial charge in [-0.2, -0.15) is 0 Å². The molecule has 31 heavy (non-hydrogen) atoms. The molecule has 0 saturated heterocycles. The Bertz CT molecular complexity index is 956. The van der Waals surface area contributed by atoms with Crippen molar-refractivity contribution in [2.75, 3.05) is 6.79 Å². The lowest BCUT2D eigenvalue weighted by atomic mass is 9.93. The zero-order valence-corrected chi connectivity index (χ0v) is 18.3. The predicted molar refractivity (Wildman–Crippen MR) is 112 cm³/mol. The summed E-state index contributed by atoms with van der Waals surface area (Å²) in [5, 5.41) is 6.75. The van der Waals surface area contributed by atoms with E-state index in [1.807, 2.05) is 43.9 Å². The lowest BCUT2D eigenvalue weighted by Gasteiger charge is -2.33. The summed E-state index contributed by atoms with van der Waals surface area (Å²) in [5.74, 6) is 1.64. The third-order valence-electron chi connectivity index (χ3n) is 5.68. The zero-order chi connectivity index (χ0) is 22.0. The summed E-state index contributed by atoms with van der Waals surface area (Å²) < 4.78 is 16.1. The van der Waals surface area contributed by atoms with Gasteiger partial charge in [0.2, 0.25) is 12.7 Å². The summed E-state index contributed by atoms with van der Waals surface area (Å²) in [5.41, 5.74) is 0.614. The first-order chi connectivity index (χ1) is 14.8. The molecule has 0 unspecified atom stereocenters. The average molecular weight is 428 g/mol. The van der Waals surface area contributed by atoms with Gasteiger partial charge in [-0.1, -0.05) is 44.8 Å². The molecule has 8 heteroatoms. The van der Waals surface area contributed by atoms with Crippen LogP contribution in [0.2, 0.25) is 0 Å². The topological polar surface area (TPSA) is 93.9 Å². The van der Waals surface area contributed by atoms with E-state index in [1.165, 1.54) is 0 Å². The van der Waals surface area contributed by atoms with Crippen molar-refractivity contribution >= 4 is 11.8 Å². The number of amides is 2. The second-order valence-electron chi connectivity index (χ2n) is 9.17. The summed E-state index contributed by atoms with van der Waals surface area (Å²) in [7, 11) is 0. The van der Waals surface area contributed by atoms with Gasteiger partial charge in [0.1, 0.15) is 0 Å². The number of ether oxygens (including phenoxy) is 2. The molecular weight excluding hydrogens is 398 g/mol. The van der Waals surface area contributed by atoms with Crippen molar-refractivity contribution in [2.24, 2.45) is 5.41 Å². The van der Waals surface area contributed by atoms with E-state index in [4.69, 9.17) is 14.0 Å². The number of carbonyl (C=O) groups excluding carboxylic acids is 2. The van der Waals surface area contributed by atoms with Crippen molar-refractivity contribution < 1.29 is 23.6 Å².